The summed E-state index contributed by atoms with van der Waals surface area (Å²) in [5.74, 6) is 0.170. The van der Waals surface area contributed by atoms with Gasteiger partial charge in [0.15, 0.2) is 0 Å². The number of aromatic amines is 1. The molecular weight excluding hydrogens is 418 g/mol. The van der Waals surface area contributed by atoms with Crippen LogP contribution in [0.4, 0.5) is 0 Å². The van der Waals surface area contributed by atoms with Crippen molar-refractivity contribution in [3.8, 4) is 0 Å². The Morgan fingerprint density at radius 3 is 2.53 bits per heavy atom. The summed E-state index contributed by atoms with van der Waals surface area (Å²) in [5.41, 5.74) is 9.06. The molecule has 1 aromatic heterocycles. The number of halogens is 1. The molecule has 0 radical (unpaired) electrons. The van der Waals surface area contributed by atoms with Crippen molar-refractivity contribution in [3.63, 3.8) is 0 Å². The molecule has 3 aromatic rings. The smallest absolute Gasteiger partial charge is 0.222 e. The molecule has 2 aromatic carbocycles. The summed E-state index contributed by atoms with van der Waals surface area (Å²) < 4.78 is 0. The molecule has 1 heterocycles. The van der Waals surface area contributed by atoms with Crippen LogP contribution in [-0.2, 0) is 11.2 Å². The van der Waals surface area contributed by atoms with Crippen LogP contribution in [0.15, 0.2) is 65.8 Å². The highest BCUT2D eigenvalue weighted by Crippen LogP contribution is 2.20. The molecule has 4 nitrogen and oxygen atoms in total. The number of aryl methyl sites for hydroxylation is 1. The van der Waals surface area contributed by atoms with Crippen molar-refractivity contribution in [2.75, 3.05) is 19.6 Å². The zero-order valence-electron chi connectivity index (χ0n) is 18.7. The van der Waals surface area contributed by atoms with Crippen LogP contribution in [-0.4, -0.2) is 35.4 Å². The highest BCUT2D eigenvalue weighted by atomic mass is 35.5. The number of hydrogen-bond donors (Lipinski definition) is 2. The van der Waals surface area contributed by atoms with Crippen molar-refractivity contribution >= 4 is 34.5 Å². The lowest BCUT2D eigenvalue weighted by molar-refractivity contribution is -0.130. The van der Waals surface area contributed by atoms with Gasteiger partial charge in [-0.25, -0.2) is 0 Å². The molecule has 0 unspecified atom stereocenters. The van der Waals surface area contributed by atoms with Crippen LogP contribution in [0, 0.1) is 0 Å². The number of carbonyl (C=O) groups is 1. The number of para-hydroxylation sites is 1. The summed E-state index contributed by atoms with van der Waals surface area (Å²) in [6, 6.07) is 18.3. The van der Waals surface area contributed by atoms with Crippen LogP contribution in [0.25, 0.3) is 17.0 Å². The van der Waals surface area contributed by atoms with Gasteiger partial charge >= 0.3 is 0 Å². The maximum atomic E-state index is 13.1. The lowest BCUT2D eigenvalue weighted by Gasteiger charge is -2.23. The van der Waals surface area contributed by atoms with Crippen LogP contribution in [0.3, 0.4) is 0 Å². The molecule has 0 aliphatic rings. The Labute approximate surface area is 196 Å². The Balaban J connectivity index is 1.56. The van der Waals surface area contributed by atoms with Gasteiger partial charge in [-0.05, 0) is 55.5 Å². The van der Waals surface area contributed by atoms with Crippen molar-refractivity contribution in [3.05, 3.63) is 77.0 Å². The van der Waals surface area contributed by atoms with Crippen LogP contribution in [0.1, 0.15) is 49.7 Å². The number of fused-ring (bicyclic) bond motifs is 1. The second kappa shape index (κ2) is 13.1. The quantitative estimate of drug-likeness (QED) is 0.307. The number of nitrogens with one attached hydrogen (secondary N) is 1. The molecule has 32 heavy (non-hydrogen) atoms. The van der Waals surface area contributed by atoms with Crippen LogP contribution < -0.4 is 5.73 Å². The lowest BCUT2D eigenvalue weighted by atomic mass is 10.1. The molecule has 1 amide bonds. The molecule has 3 rings (SSSR count). The number of nitrogens with two attached hydrogens (primary N) is 1. The van der Waals surface area contributed by atoms with E-state index in [1.54, 1.807) is 0 Å². The van der Waals surface area contributed by atoms with Gasteiger partial charge in [-0.1, -0.05) is 73.0 Å². The predicted octanol–water partition coefficient (Wildman–Crippen LogP) is 6.12. The summed E-state index contributed by atoms with van der Waals surface area (Å²) in [7, 11) is 0. The van der Waals surface area contributed by atoms with E-state index in [-0.39, 0.29) is 5.91 Å². The van der Waals surface area contributed by atoms with Crippen molar-refractivity contribution in [1.29, 1.82) is 0 Å². The molecule has 0 saturated carbocycles. The number of carbonyl (C=O) groups excluding carboxylic acids is 1. The molecule has 5 heteroatoms. The van der Waals surface area contributed by atoms with Gasteiger partial charge in [0.1, 0.15) is 0 Å². The maximum absolute atomic E-state index is 13.1. The van der Waals surface area contributed by atoms with E-state index in [9.17, 15) is 4.79 Å². The molecule has 0 aliphatic carbocycles. The average Bonchev–Trinajstić information content (AvgIpc) is 3.22. The Morgan fingerprint density at radius 2 is 1.72 bits per heavy atom. The van der Waals surface area contributed by atoms with Crippen molar-refractivity contribution in [2.24, 2.45) is 5.73 Å². The van der Waals surface area contributed by atoms with E-state index < -0.39 is 0 Å². The van der Waals surface area contributed by atoms with Gasteiger partial charge < -0.3 is 15.6 Å². The normalized spacial score (nSPS) is 11.8. The van der Waals surface area contributed by atoms with Crippen molar-refractivity contribution in [2.45, 2.75) is 44.9 Å². The third kappa shape index (κ3) is 7.54. The number of unbranched alkanes of at least 4 members (excludes halogenated alkanes) is 3. The summed E-state index contributed by atoms with van der Waals surface area (Å²) in [6.45, 7) is 1.91. The van der Waals surface area contributed by atoms with Crippen molar-refractivity contribution < 1.29 is 4.79 Å². The van der Waals surface area contributed by atoms with E-state index >= 15 is 0 Å². The molecule has 0 bridgehead atoms. The van der Waals surface area contributed by atoms with Gasteiger partial charge in [-0.15, -0.1) is 0 Å². The molecule has 3 N–H and O–H groups in total. The van der Waals surface area contributed by atoms with Gasteiger partial charge in [0, 0.05) is 35.1 Å². The molecule has 0 saturated heterocycles. The largest absolute Gasteiger partial charge is 0.361 e. The zero-order valence-corrected chi connectivity index (χ0v) is 19.5. The minimum absolute atomic E-state index is 0.170. The first kappa shape index (κ1) is 24.1. The fourth-order valence-corrected chi connectivity index (χ4v) is 4.25. The molecule has 0 atom stereocenters. The number of benzene rings is 2. The third-order valence-corrected chi connectivity index (χ3v) is 5.94. The predicted molar refractivity (Wildman–Crippen MR) is 136 cm³/mol. The topological polar surface area (TPSA) is 62.1 Å². The SMILES string of the molecule is NCCCCCCN(C/C(Cl)=C/c1ccccc1)C(=O)CCCc1c[nH]c2ccccc12. The number of rotatable bonds is 13. The molecule has 0 spiro atoms. The Hall–Kier alpha value is -2.56. The fraction of sp³-hybridized carbons (Fsp3) is 0.370. The standard InChI is InChI=1S/C27H34ClN3O/c28-24(19-22-11-4-3-5-12-22)21-31(18-9-2-1-8-17-29)27(32)16-10-13-23-20-30-26-15-7-6-14-25(23)26/h3-7,11-12,14-15,19-20,30H,1-2,8-10,13,16-18,21,29H2/b24-19-. The molecule has 0 fully saturated rings. The van der Waals surface area contributed by atoms with E-state index in [0.29, 0.717) is 18.0 Å². The Morgan fingerprint density at radius 1 is 0.969 bits per heavy atom. The summed E-state index contributed by atoms with van der Waals surface area (Å²) in [4.78, 5) is 18.3. The second-order valence-electron chi connectivity index (χ2n) is 8.23. The maximum Gasteiger partial charge on any atom is 0.222 e. The van der Waals surface area contributed by atoms with Gasteiger partial charge in [0.25, 0.3) is 0 Å². The summed E-state index contributed by atoms with van der Waals surface area (Å²) in [6.07, 6.45) is 10.4. The zero-order chi connectivity index (χ0) is 22.6. The minimum Gasteiger partial charge on any atom is -0.361 e. The fourth-order valence-electron chi connectivity index (χ4n) is 3.98. The Kier molecular flexibility index (Phi) is 9.86. The monoisotopic (exact) mass is 451 g/mol. The Bertz CT molecular complexity index is 996. The van der Waals surface area contributed by atoms with E-state index in [1.165, 1.54) is 10.9 Å². The van der Waals surface area contributed by atoms with E-state index in [2.05, 4.69) is 29.4 Å². The summed E-state index contributed by atoms with van der Waals surface area (Å²) >= 11 is 6.54. The lowest BCUT2D eigenvalue weighted by Crippen LogP contribution is -2.33. The molecule has 0 aliphatic heterocycles. The molecule has 170 valence electrons. The van der Waals surface area contributed by atoms with E-state index in [1.807, 2.05) is 47.4 Å². The number of hydrogen-bond acceptors (Lipinski definition) is 2. The van der Waals surface area contributed by atoms with Gasteiger partial charge in [-0.3, -0.25) is 4.79 Å². The highest BCUT2D eigenvalue weighted by Gasteiger charge is 2.15. The van der Waals surface area contributed by atoms with Gasteiger partial charge in [-0.2, -0.15) is 0 Å². The van der Waals surface area contributed by atoms with Gasteiger partial charge in [0.05, 0.1) is 6.54 Å². The first-order valence-electron chi connectivity index (χ1n) is 11.6. The van der Waals surface area contributed by atoms with Crippen LogP contribution >= 0.6 is 11.6 Å². The van der Waals surface area contributed by atoms with E-state index in [4.69, 9.17) is 17.3 Å². The number of aromatic nitrogens is 1. The second-order valence-corrected chi connectivity index (χ2v) is 8.72. The number of H-pyrrole nitrogens is 1. The van der Waals surface area contributed by atoms with E-state index in [0.717, 1.165) is 62.7 Å². The van der Waals surface area contributed by atoms with Crippen LogP contribution in [0.2, 0.25) is 0 Å². The van der Waals surface area contributed by atoms with Crippen molar-refractivity contribution in [1.82, 2.24) is 9.88 Å². The third-order valence-electron chi connectivity index (χ3n) is 5.71. The number of nitrogens with zero attached hydrogens (tertiary/aromatic N) is 1. The minimum atomic E-state index is 0.170. The molecular formula is C27H34ClN3O. The van der Waals surface area contributed by atoms with Gasteiger partial charge in [0.2, 0.25) is 5.91 Å². The first-order valence-corrected chi connectivity index (χ1v) is 12.0. The number of amides is 1. The summed E-state index contributed by atoms with van der Waals surface area (Å²) in [5, 5.41) is 1.92. The van der Waals surface area contributed by atoms with Crippen LogP contribution in [0.5, 0.6) is 0 Å². The highest BCUT2D eigenvalue weighted by molar-refractivity contribution is 6.31. The first-order chi connectivity index (χ1) is 15.7. The average molecular weight is 452 g/mol.